The second kappa shape index (κ2) is 10.5. The SMILES string of the molecule is N#Cc1ccc(C#N)c(C#N)c1C#N.O.O.O.O. The zero-order valence-electron chi connectivity index (χ0n) is 8.94. The molecule has 94 valence electrons. The van der Waals surface area contributed by atoms with E-state index < -0.39 is 0 Å². The van der Waals surface area contributed by atoms with Crippen molar-refractivity contribution in [3.05, 3.63) is 34.4 Å². The van der Waals surface area contributed by atoms with E-state index in [2.05, 4.69) is 0 Å². The molecule has 0 bridgehead atoms. The molecular formula is C10H10N4O4. The summed E-state index contributed by atoms with van der Waals surface area (Å²) < 4.78 is 0. The summed E-state index contributed by atoms with van der Waals surface area (Å²) in [5.41, 5.74) is 0.161. The molecular weight excluding hydrogens is 240 g/mol. The molecule has 1 aromatic carbocycles. The molecule has 8 nitrogen and oxygen atoms in total. The number of rotatable bonds is 0. The van der Waals surface area contributed by atoms with Crippen LogP contribution in [0.2, 0.25) is 0 Å². The molecule has 0 fully saturated rings. The standard InChI is InChI=1S/C10H2N4.4H2O/c11-3-7-1-2-8(4-12)10(6-14)9(7)5-13;;;;/h1-2H;4*1H2. The van der Waals surface area contributed by atoms with Crippen LogP contribution < -0.4 is 0 Å². The van der Waals surface area contributed by atoms with Gasteiger partial charge >= 0.3 is 0 Å². The van der Waals surface area contributed by atoms with Gasteiger partial charge in [0.15, 0.2) is 0 Å². The zero-order valence-corrected chi connectivity index (χ0v) is 8.94. The predicted octanol–water partition coefficient (Wildman–Crippen LogP) is -2.13. The van der Waals surface area contributed by atoms with E-state index in [-0.39, 0.29) is 44.2 Å². The molecule has 0 unspecified atom stereocenters. The van der Waals surface area contributed by atoms with Crippen molar-refractivity contribution in [2.24, 2.45) is 0 Å². The lowest BCUT2D eigenvalue weighted by Gasteiger charge is -1.98. The van der Waals surface area contributed by atoms with Crippen molar-refractivity contribution in [1.82, 2.24) is 0 Å². The summed E-state index contributed by atoms with van der Waals surface area (Å²) in [6.07, 6.45) is 0. The lowest BCUT2D eigenvalue weighted by Crippen LogP contribution is -1.93. The van der Waals surface area contributed by atoms with E-state index in [1.54, 1.807) is 24.3 Å². The second-order valence-corrected chi connectivity index (χ2v) is 2.36. The van der Waals surface area contributed by atoms with Gasteiger partial charge in [0.05, 0.1) is 22.3 Å². The molecule has 0 aliphatic heterocycles. The Morgan fingerprint density at radius 1 is 0.556 bits per heavy atom. The van der Waals surface area contributed by atoms with Crippen LogP contribution in [0.25, 0.3) is 0 Å². The summed E-state index contributed by atoms with van der Waals surface area (Å²) in [7, 11) is 0. The highest BCUT2D eigenvalue weighted by molar-refractivity contribution is 5.61. The van der Waals surface area contributed by atoms with Crippen molar-refractivity contribution in [3.63, 3.8) is 0 Å². The van der Waals surface area contributed by atoms with Gasteiger partial charge in [0.25, 0.3) is 0 Å². The zero-order chi connectivity index (χ0) is 10.6. The number of nitriles is 4. The van der Waals surface area contributed by atoms with E-state index in [0.717, 1.165) is 0 Å². The van der Waals surface area contributed by atoms with E-state index in [9.17, 15) is 0 Å². The Kier molecular flexibility index (Phi) is 14.2. The molecule has 0 aromatic heterocycles. The fourth-order valence-corrected chi connectivity index (χ4v) is 1.02. The molecule has 0 aliphatic rings. The van der Waals surface area contributed by atoms with Gasteiger partial charge in [-0.05, 0) is 12.1 Å². The minimum atomic E-state index is -0.0333. The molecule has 8 heteroatoms. The van der Waals surface area contributed by atoms with E-state index >= 15 is 0 Å². The van der Waals surface area contributed by atoms with Crippen LogP contribution in [0.1, 0.15) is 22.3 Å². The quantitative estimate of drug-likeness (QED) is 0.502. The third-order valence-corrected chi connectivity index (χ3v) is 1.67. The maximum absolute atomic E-state index is 8.72. The topological polar surface area (TPSA) is 221 Å². The number of nitrogens with zero attached hydrogens (tertiary/aromatic N) is 4. The van der Waals surface area contributed by atoms with Crippen molar-refractivity contribution in [1.29, 1.82) is 21.0 Å². The van der Waals surface area contributed by atoms with Gasteiger partial charge in [0.1, 0.15) is 24.3 Å². The second-order valence-electron chi connectivity index (χ2n) is 2.36. The maximum Gasteiger partial charge on any atom is 0.102 e. The Hall–Kier alpha value is -2.98. The highest BCUT2D eigenvalue weighted by atomic mass is 16.0. The van der Waals surface area contributed by atoms with E-state index in [0.29, 0.717) is 0 Å². The van der Waals surface area contributed by atoms with Gasteiger partial charge in [-0.3, -0.25) is 0 Å². The van der Waals surface area contributed by atoms with Crippen molar-refractivity contribution in [2.45, 2.75) is 0 Å². The Morgan fingerprint density at radius 3 is 1.00 bits per heavy atom. The van der Waals surface area contributed by atoms with Gasteiger partial charge in [0.2, 0.25) is 0 Å². The predicted molar refractivity (Wildman–Crippen MR) is 59.8 cm³/mol. The van der Waals surface area contributed by atoms with Gasteiger partial charge in [-0.1, -0.05) is 0 Å². The summed E-state index contributed by atoms with van der Waals surface area (Å²) in [4.78, 5) is 0. The smallest absolute Gasteiger partial charge is 0.102 e. The van der Waals surface area contributed by atoms with Crippen LogP contribution in [0.15, 0.2) is 12.1 Å². The molecule has 18 heavy (non-hydrogen) atoms. The van der Waals surface area contributed by atoms with Crippen molar-refractivity contribution in [3.8, 4) is 24.3 Å². The molecule has 0 aliphatic carbocycles. The van der Waals surface area contributed by atoms with E-state index in [4.69, 9.17) is 21.0 Å². The van der Waals surface area contributed by atoms with Crippen LogP contribution in [-0.4, -0.2) is 21.9 Å². The number of hydrogen-bond acceptors (Lipinski definition) is 4. The first kappa shape index (κ1) is 24.3. The molecule has 1 rings (SSSR count). The molecule has 0 amide bonds. The lowest BCUT2D eigenvalue weighted by molar-refractivity contribution is 0.823. The first-order chi connectivity index (χ1) is 6.78. The Balaban J connectivity index is -0.000000245. The van der Waals surface area contributed by atoms with Gasteiger partial charge in [0, 0.05) is 0 Å². The summed E-state index contributed by atoms with van der Waals surface area (Å²) in [6.45, 7) is 0. The Bertz CT molecular complexity index is 506. The minimum Gasteiger partial charge on any atom is -0.412 e. The van der Waals surface area contributed by atoms with Gasteiger partial charge < -0.3 is 21.9 Å². The summed E-state index contributed by atoms with van der Waals surface area (Å²) in [5.74, 6) is 0. The lowest BCUT2D eigenvalue weighted by atomic mass is 9.99. The first-order valence-electron chi connectivity index (χ1n) is 3.56. The van der Waals surface area contributed by atoms with E-state index in [1.807, 2.05) is 0 Å². The molecule has 1 aromatic rings. The fourth-order valence-electron chi connectivity index (χ4n) is 1.02. The molecule has 0 atom stereocenters. The summed E-state index contributed by atoms with van der Waals surface area (Å²) in [6, 6.07) is 9.79. The van der Waals surface area contributed by atoms with Crippen molar-refractivity contribution in [2.75, 3.05) is 0 Å². The van der Waals surface area contributed by atoms with Crippen molar-refractivity contribution >= 4 is 0 Å². The van der Waals surface area contributed by atoms with E-state index in [1.165, 1.54) is 12.1 Å². The third kappa shape index (κ3) is 3.88. The van der Waals surface area contributed by atoms with Crippen LogP contribution in [0, 0.1) is 45.3 Å². The molecule has 8 N–H and O–H groups in total. The van der Waals surface area contributed by atoms with Crippen LogP contribution in [0.3, 0.4) is 0 Å². The maximum atomic E-state index is 8.72. The molecule has 0 saturated heterocycles. The first-order valence-corrected chi connectivity index (χ1v) is 3.56. The van der Waals surface area contributed by atoms with Crippen LogP contribution in [-0.2, 0) is 0 Å². The third-order valence-electron chi connectivity index (χ3n) is 1.67. The fraction of sp³-hybridized carbons (Fsp3) is 0. The monoisotopic (exact) mass is 250 g/mol. The Morgan fingerprint density at radius 2 is 0.833 bits per heavy atom. The number of benzene rings is 1. The molecule has 0 spiro atoms. The average molecular weight is 250 g/mol. The molecule has 0 saturated carbocycles. The normalized spacial score (nSPS) is 6.00. The van der Waals surface area contributed by atoms with Crippen LogP contribution in [0.4, 0.5) is 0 Å². The largest absolute Gasteiger partial charge is 0.412 e. The van der Waals surface area contributed by atoms with Crippen molar-refractivity contribution < 1.29 is 21.9 Å². The van der Waals surface area contributed by atoms with Crippen LogP contribution in [0.5, 0.6) is 0 Å². The van der Waals surface area contributed by atoms with Gasteiger partial charge in [-0.25, -0.2) is 0 Å². The average Bonchev–Trinajstić information content (AvgIpc) is 2.26. The molecule has 0 heterocycles. The minimum absolute atomic E-state index is 0. The summed E-state index contributed by atoms with van der Waals surface area (Å²) in [5, 5.41) is 34.7. The highest BCUT2D eigenvalue weighted by Gasteiger charge is 2.12. The highest BCUT2D eigenvalue weighted by Crippen LogP contribution is 2.16. The van der Waals surface area contributed by atoms with Gasteiger partial charge in [-0.15, -0.1) is 0 Å². The summed E-state index contributed by atoms with van der Waals surface area (Å²) >= 11 is 0. The Labute approximate surface area is 102 Å². The number of hydrogen-bond donors (Lipinski definition) is 0. The van der Waals surface area contributed by atoms with Crippen LogP contribution >= 0.6 is 0 Å². The van der Waals surface area contributed by atoms with Gasteiger partial charge in [-0.2, -0.15) is 21.0 Å². The molecule has 0 radical (unpaired) electrons.